The van der Waals surface area contributed by atoms with Crippen LogP contribution in [0.25, 0.3) is 0 Å². The van der Waals surface area contributed by atoms with Crippen LogP contribution in [0, 0.1) is 6.92 Å². The SMILES string of the molecule is CCCCc1ncc(C)[pH]1. The van der Waals surface area contributed by atoms with Crippen LogP contribution >= 0.6 is 8.19 Å². The number of nitrogens with zero attached hydrogens (tertiary/aromatic N) is 1. The molecule has 1 rings (SSSR count). The van der Waals surface area contributed by atoms with E-state index in [1.54, 1.807) is 0 Å². The predicted octanol–water partition coefficient (Wildman–Crippen LogP) is 2.76. The quantitative estimate of drug-likeness (QED) is 0.654. The van der Waals surface area contributed by atoms with Crippen LogP contribution in [0.4, 0.5) is 0 Å². The maximum Gasteiger partial charge on any atom is 0.0564 e. The maximum absolute atomic E-state index is 4.32. The van der Waals surface area contributed by atoms with Crippen molar-refractivity contribution in [1.29, 1.82) is 0 Å². The minimum absolute atomic E-state index is 0.894. The van der Waals surface area contributed by atoms with E-state index >= 15 is 0 Å². The van der Waals surface area contributed by atoms with Gasteiger partial charge in [-0.2, -0.15) is 0 Å². The lowest BCUT2D eigenvalue weighted by Gasteiger charge is -1.90. The van der Waals surface area contributed by atoms with Crippen LogP contribution in [0.5, 0.6) is 0 Å². The van der Waals surface area contributed by atoms with Gasteiger partial charge in [0.1, 0.15) is 0 Å². The Kier molecular flexibility index (Phi) is 2.95. The molecule has 0 N–H and O–H groups in total. The standard InChI is InChI=1S/C8H14NP/c1-3-4-5-8-9-6-7(2)10-8/h6,10H,3-5H2,1-2H3. The lowest BCUT2D eigenvalue weighted by Crippen LogP contribution is -1.79. The Morgan fingerprint density at radius 2 is 2.40 bits per heavy atom. The predicted molar refractivity (Wildman–Crippen MR) is 47.1 cm³/mol. The van der Waals surface area contributed by atoms with Gasteiger partial charge in [-0.3, -0.25) is 4.98 Å². The molecule has 1 atom stereocenters. The lowest BCUT2D eigenvalue weighted by atomic mass is 10.3. The van der Waals surface area contributed by atoms with Crippen molar-refractivity contribution in [3.8, 4) is 0 Å². The molecule has 0 spiro atoms. The van der Waals surface area contributed by atoms with Gasteiger partial charge in [0, 0.05) is 6.20 Å². The van der Waals surface area contributed by atoms with E-state index in [4.69, 9.17) is 0 Å². The number of aryl methyl sites for hydroxylation is 2. The van der Waals surface area contributed by atoms with Crippen molar-refractivity contribution in [2.24, 2.45) is 0 Å². The van der Waals surface area contributed by atoms with E-state index in [1.165, 1.54) is 30.0 Å². The molecule has 0 saturated heterocycles. The third kappa shape index (κ3) is 2.15. The van der Waals surface area contributed by atoms with E-state index in [1.807, 2.05) is 6.20 Å². The summed E-state index contributed by atoms with van der Waals surface area (Å²) in [6, 6.07) is 0. The molecule has 1 heterocycles. The Morgan fingerprint density at radius 1 is 1.60 bits per heavy atom. The zero-order chi connectivity index (χ0) is 7.40. The third-order valence-corrected chi connectivity index (χ3v) is 2.71. The molecular weight excluding hydrogens is 141 g/mol. The first-order valence-corrected chi connectivity index (χ1v) is 4.83. The van der Waals surface area contributed by atoms with Crippen molar-refractivity contribution in [2.45, 2.75) is 33.1 Å². The monoisotopic (exact) mass is 155 g/mol. The van der Waals surface area contributed by atoms with Gasteiger partial charge in [-0.05, 0) is 25.1 Å². The van der Waals surface area contributed by atoms with Crippen LogP contribution in [-0.4, -0.2) is 4.98 Å². The zero-order valence-corrected chi connectivity index (χ0v) is 7.65. The van der Waals surface area contributed by atoms with Crippen LogP contribution in [0.2, 0.25) is 0 Å². The molecule has 0 aliphatic heterocycles. The lowest BCUT2D eigenvalue weighted by molar-refractivity contribution is 0.790. The van der Waals surface area contributed by atoms with Crippen molar-refractivity contribution < 1.29 is 0 Å². The van der Waals surface area contributed by atoms with Crippen LogP contribution in [0.15, 0.2) is 6.20 Å². The first-order valence-electron chi connectivity index (χ1n) is 3.83. The average molecular weight is 155 g/mol. The Bertz CT molecular complexity index is 193. The fraction of sp³-hybridized carbons (Fsp3) is 0.625. The Balaban J connectivity index is 2.42. The van der Waals surface area contributed by atoms with Crippen LogP contribution in [-0.2, 0) is 6.42 Å². The minimum Gasteiger partial charge on any atom is -0.257 e. The highest BCUT2D eigenvalue weighted by molar-refractivity contribution is 7.31. The van der Waals surface area contributed by atoms with Gasteiger partial charge in [-0.25, -0.2) is 0 Å². The van der Waals surface area contributed by atoms with Crippen LogP contribution < -0.4 is 0 Å². The summed E-state index contributed by atoms with van der Waals surface area (Å²) in [5.41, 5.74) is 1.40. The molecule has 1 nitrogen and oxygen atoms in total. The molecule has 1 unspecified atom stereocenters. The number of hydrogen-bond donors (Lipinski definition) is 0. The summed E-state index contributed by atoms with van der Waals surface area (Å²) >= 11 is 0. The molecule has 0 aliphatic rings. The van der Waals surface area contributed by atoms with Crippen molar-refractivity contribution in [3.05, 3.63) is 16.9 Å². The molecule has 0 fully saturated rings. The molecule has 0 aliphatic carbocycles. The first-order chi connectivity index (χ1) is 4.83. The number of unbranched alkanes of at least 4 members (excludes halogenated alkanes) is 1. The van der Waals surface area contributed by atoms with Gasteiger partial charge in [0.2, 0.25) is 0 Å². The van der Waals surface area contributed by atoms with E-state index < -0.39 is 0 Å². The van der Waals surface area contributed by atoms with Crippen molar-refractivity contribution >= 4 is 8.19 Å². The summed E-state index contributed by atoms with van der Waals surface area (Å²) in [7, 11) is 0.894. The van der Waals surface area contributed by atoms with E-state index in [9.17, 15) is 0 Å². The molecule has 1 aromatic rings. The van der Waals surface area contributed by atoms with Crippen LogP contribution in [0.3, 0.4) is 0 Å². The van der Waals surface area contributed by atoms with E-state index in [2.05, 4.69) is 18.8 Å². The average Bonchev–Trinajstić information content (AvgIpc) is 2.31. The Hall–Kier alpha value is -0.290. The number of rotatable bonds is 3. The summed E-state index contributed by atoms with van der Waals surface area (Å²) in [4.78, 5) is 4.32. The molecule has 0 saturated carbocycles. The number of aromatic nitrogens is 1. The van der Waals surface area contributed by atoms with Gasteiger partial charge in [0.25, 0.3) is 0 Å². The van der Waals surface area contributed by atoms with E-state index in [0.717, 1.165) is 8.19 Å². The summed E-state index contributed by atoms with van der Waals surface area (Å²) in [5.74, 6) is 0. The normalized spacial score (nSPS) is 11.0. The highest BCUT2D eigenvalue weighted by Gasteiger charge is 1.94. The number of hydrogen-bond acceptors (Lipinski definition) is 1. The van der Waals surface area contributed by atoms with Gasteiger partial charge in [-0.1, -0.05) is 13.3 Å². The van der Waals surface area contributed by atoms with Gasteiger partial charge < -0.3 is 0 Å². The molecule has 10 heavy (non-hydrogen) atoms. The maximum atomic E-state index is 4.32. The molecule has 0 aromatic carbocycles. The van der Waals surface area contributed by atoms with E-state index in [0.29, 0.717) is 0 Å². The fourth-order valence-corrected chi connectivity index (χ4v) is 1.95. The summed E-state index contributed by atoms with van der Waals surface area (Å²) in [6.45, 7) is 4.37. The van der Waals surface area contributed by atoms with Crippen molar-refractivity contribution in [2.75, 3.05) is 0 Å². The van der Waals surface area contributed by atoms with Gasteiger partial charge >= 0.3 is 0 Å². The molecule has 2 heteroatoms. The van der Waals surface area contributed by atoms with Gasteiger partial charge in [0.15, 0.2) is 0 Å². The molecule has 0 amide bonds. The molecule has 1 aromatic heterocycles. The van der Waals surface area contributed by atoms with Gasteiger partial charge in [0.05, 0.1) is 5.43 Å². The highest BCUT2D eigenvalue weighted by Crippen LogP contribution is 2.19. The summed E-state index contributed by atoms with van der Waals surface area (Å²) < 4.78 is 0. The molecule has 0 bridgehead atoms. The Labute approximate surface area is 64.0 Å². The second-order valence-electron chi connectivity index (χ2n) is 2.62. The second kappa shape index (κ2) is 3.78. The topological polar surface area (TPSA) is 12.9 Å². The minimum atomic E-state index is 0.894. The molecule has 0 radical (unpaired) electrons. The van der Waals surface area contributed by atoms with E-state index in [-0.39, 0.29) is 0 Å². The van der Waals surface area contributed by atoms with Crippen molar-refractivity contribution in [3.63, 3.8) is 0 Å². The molecule has 56 valence electrons. The third-order valence-electron chi connectivity index (χ3n) is 1.52. The zero-order valence-electron chi connectivity index (χ0n) is 6.65. The largest absolute Gasteiger partial charge is 0.257 e. The summed E-state index contributed by atoms with van der Waals surface area (Å²) in [6.07, 6.45) is 5.79. The summed E-state index contributed by atoms with van der Waals surface area (Å²) in [5, 5.41) is 1.44. The van der Waals surface area contributed by atoms with Crippen molar-refractivity contribution in [1.82, 2.24) is 4.98 Å². The van der Waals surface area contributed by atoms with Crippen LogP contribution in [0.1, 0.15) is 30.5 Å². The fourth-order valence-electron chi connectivity index (χ4n) is 0.938. The highest BCUT2D eigenvalue weighted by atomic mass is 31.0. The second-order valence-corrected chi connectivity index (χ2v) is 4.23. The molecular formula is C8H14NP. The smallest absolute Gasteiger partial charge is 0.0564 e. The van der Waals surface area contributed by atoms with Gasteiger partial charge in [-0.15, -0.1) is 8.19 Å². The Morgan fingerprint density at radius 3 is 2.90 bits per heavy atom. The first kappa shape index (κ1) is 7.81.